The van der Waals surface area contributed by atoms with Crippen LogP contribution in [-0.2, 0) is 0 Å². The van der Waals surface area contributed by atoms with Gasteiger partial charge in [-0.2, -0.15) is 0 Å². The van der Waals surface area contributed by atoms with Crippen molar-refractivity contribution >= 4 is 28.3 Å². The molecule has 0 aliphatic carbocycles. The Labute approximate surface area is 187 Å². The molecule has 32 heavy (non-hydrogen) atoms. The molecule has 2 heterocycles. The molecule has 1 N–H and O–H groups in total. The lowest BCUT2D eigenvalue weighted by Crippen LogP contribution is -2.50. The van der Waals surface area contributed by atoms with Crippen molar-refractivity contribution in [2.24, 2.45) is 0 Å². The number of benzene rings is 3. The molecular formula is C26H25N5O. The summed E-state index contributed by atoms with van der Waals surface area (Å²) in [6.07, 6.45) is 0. The number of amides is 2. The fourth-order valence-corrected chi connectivity index (χ4v) is 3.97. The number of carbonyl (C=O) groups is 1. The van der Waals surface area contributed by atoms with Gasteiger partial charge in [0.25, 0.3) is 0 Å². The predicted molar refractivity (Wildman–Crippen MR) is 129 cm³/mol. The summed E-state index contributed by atoms with van der Waals surface area (Å²) < 4.78 is 0. The number of carbonyl (C=O) groups excluding carboxylic acids is 1. The minimum Gasteiger partial charge on any atom is -0.352 e. The normalized spacial score (nSPS) is 13.9. The van der Waals surface area contributed by atoms with Gasteiger partial charge in [-0.1, -0.05) is 54.1 Å². The maximum Gasteiger partial charge on any atom is 0.321 e. The van der Waals surface area contributed by atoms with E-state index < -0.39 is 0 Å². The van der Waals surface area contributed by atoms with Crippen molar-refractivity contribution in [3.63, 3.8) is 0 Å². The molecule has 6 heteroatoms. The lowest BCUT2D eigenvalue weighted by Gasteiger charge is -2.35. The Hall–Kier alpha value is -3.93. The second kappa shape index (κ2) is 8.67. The molecule has 1 aliphatic rings. The molecule has 0 atom stereocenters. The van der Waals surface area contributed by atoms with E-state index in [2.05, 4.69) is 50.7 Å². The van der Waals surface area contributed by atoms with Crippen molar-refractivity contribution in [1.82, 2.24) is 15.1 Å². The monoisotopic (exact) mass is 423 g/mol. The molecular weight excluding hydrogens is 398 g/mol. The summed E-state index contributed by atoms with van der Waals surface area (Å²) in [7, 11) is 0. The van der Waals surface area contributed by atoms with Crippen LogP contribution >= 0.6 is 0 Å². The maximum absolute atomic E-state index is 12.6. The first-order valence-electron chi connectivity index (χ1n) is 10.9. The van der Waals surface area contributed by atoms with Gasteiger partial charge in [-0.3, -0.25) is 0 Å². The summed E-state index contributed by atoms with van der Waals surface area (Å²) in [5.41, 5.74) is 3.90. The van der Waals surface area contributed by atoms with E-state index in [1.165, 1.54) is 16.3 Å². The van der Waals surface area contributed by atoms with Crippen molar-refractivity contribution in [2.45, 2.75) is 6.92 Å². The maximum atomic E-state index is 12.6. The Morgan fingerprint density at radius 3 is 2.28 bits per heavy atom. The molecule has 3 aromatic carbocycles. The van der Waals surface area contributed by atoms with Crippen LogP contribution in [0.1, 0.15) is 5.56 Å². The Morgan fingerprint density at radius 1 is 0.812 bits per heavy atom. The molecule has 0 spiro atoms. The van der Waals surface area contributed by atoms with Crippen LogP contribution in [0.3, 0.4) is 0 Å². The van der Waals surface area contributed by atoms with Crippen LogP contribution in [-0.4, -0.2) is 47.3 Å². The van der Waals surface area contributed by atoms with E-state index >= 15 is 0 Å². The largest absolute Gasteiger partial charge is 0.352 e. The van der Waals surface area contributed by atoms with Crippen LogP contribution in [0.15, 0.2) is 78.9 Å². The minimum absolute atomic E-state index is 0.0637. The smallest absolute Gasteiger partial charge is 0.321 e. The van der Waals surface area contributed by atoms with Gasteiger partial charge >= 0.3 is 6.03 Å². The number of rotatable bonds is 3. The molecule has 1 aliphatic heterocycles. The van der Waals surface area contributed by atoms with Gasteiger partial charge in [-0.05, 0) is 48.0 Å². The van der Waals surface area contributed by atoms with E-state index in [1.54, 1.807) is 0 Å². The third kappa shape index (κ3) is 4.25. The molecule has 0 radical (unpaired) electrons. The van der Waals surface area contributed by atoms with E-state index in [0.717, 1.165) is 35.9 Å². The second-order valence-electron chi connectivity index (χ2n) is 8.11. The fourth-order valence-electron chi connectivity index (χ4n) is 3.97. The number of hydrogen-bond donors (Lipinski definition) is 1. The third-order valence-electron chi connectivity index (χ3n) is 5.89. The second-order valence-corrected chi connectivity index (χ2v) is 8.11. The van der Waals surface area contributed by atoms with Crippen LogP contribution in [0.4, 0.5) is 16.3 Å². The first kappa shape index (κ1) is 20.0. The minimum atomic E-state index is -0.0637. The molecule has 0 bridgehead atoms. The van der Waals surface area contributed by atoms with Crippen LogP contribution in [0, 0.1) is 6.92 Å². The van der Waals surface area contributed by atoms with E-state index in [0.29, 0.717) is 13.1 Å². The van der Waals surface area contributed by atoms with Crippen molar-refractivity contribution in [3.8, 4) is 11.3 Å². The number of aryl methyl sites for hydroxylation is 1. The summed E-state index contributed by atoms with van der Waals surface area (Å²) in [5.74, 6) is 0.841. The number of nitrogens with zero attached hydrogens (tertiary/aromatic N) is 4. The number of piperazine rings is 1. The summed E-state index contributed by atoms with van der Waals surface area (Å²) in [5, 5.41) is 14.3. The Balaban J connectivity index is 1.21. The third-order valence-corrected chi connectivity index (χ3v) is 5.89. The van der Waals surface area contributed by atoms with Gasteiger partial charge in [0.15, 0.2) is 5.82 Å². The Morgan fingerprint density at radius 2 is 1.56 bits per heavy atom. The van der Waals surface area contributed by atoms with Crippen molar-refractivity contribution in [1.29, 1.82) is 0 Å². The molecule has 1 aromatic heterocycles. The average Bonchev–Trinajstić information content (AvgIpc) is 2.85. The molecule has 1 fully saturated rings. The highest BCUT2D eigenvalue weighted by atomic mass is 16.2. The van der Waals surface area contributed by atoms with E-state index in [9.17, 15) is 4.79 Å². The average molecular weight is 424 g/mol. The van der Waals surface area contributed by atoms with Crippen LogP contribution in [0.5, 0.6) is 0 Å². The highest BCUT2D eigenvalue weighted by Gasteiger charge is 2.22. The molecule has 1 saturated heterocycles. The zero-order valence-electron chi connectivity index (χ0n) is 18.0. The fraction of sp³-hybridized carbons (Fsp3) is 0.192. The summed E-state index contributed by atoms with van der Waals surface area (Å²) in [6.45, 7) is 4.77. The number of hydrogen-bond acceptors (Lipinski definition) is 4. The van der Waals surface area contributed by atoms with Gasteiger partial charge in [0, 0.05) is 37.4 Å². The van der Waals surface area contributed by atoms with E-state index in [1.807, 2.05) is 60.4 Å². The lowest BCUT2D eigenvalue weighted by atomic mass is 10.1. The highest BCUT2D eigenvalue weighted by molar-refractivity contribution is 5.89. The molecule has 5 rings (SSSR count). The van der Waals surface area contributed by atoms with Crippen molar-refractivity contribution in [2.75, 3.05) is 36.4 Å². The number of fused-ring (bicyclic) bond motifs is 1. The van der Waals surface area contributed by atoms with Crippen molar-refractivity contribution in [3.05, 3.63) is 84.4 Å². The zero-order valence-corrected chi connectivity index (χ0v) is 18.0. The molecule has 160 valence electrons. The first-order valence-corrected chi connectivity index (χ1v) is 10.9. The Bertz CT molecular complexity index is 1230. The number of anilines is 2. The van der Waals surface area contributed by atoms with Gasteiger partial charge in [-0.15, -0.1) is 10.2 Å². The van der Waals surface area contributed by atoms with Crippen LogP contribution in [0.25, 0.3) is 22.0 Å². The summed E-state index contributed by atoms with van der Waals surface area (Å²) in [6, 6.07) is 26.4. The zero-order chi connectivity index (χ0) is 21.9. The van der Waals surface area contributed by atoms with Gasteiger partial charge < -0.3 is 15.1 Å². The van der Waals surface area contributed by atoms with E-state index in [4.69, 9.17) is 0 Å². The summed E-state index contributed by atoms with van der Waals surface area (Å²) >= 11 is 0. The van der Waals surface area contributed by atoms with Gasteiger partial charge in [0.1, 0.15) is 0 Å². The quantitative estimate of drug-likeness (QED) is 0.506. The number of aromatic nitrogens is 2. The molecule has 2 amide bonds. The molecule has 0 saturated carbocycles. The molecule has 0 unspecified atom stereocenters. The van der Waals surface area contributed by atoms with Gasteiger partial charge in [-0.25, -0.2) is 4.79 Å². The van der Waals surface area contributed by atoms with Crippen LogP contribution < -0.4 is 10.2 Å². The Kier molecular flexibility index (Phi) is 5.42. The topological polar surface area (TPSA) is 61.4 Å². The standard InChI is InChI=1S/C26H25N5O/c1-19-6-10-23(11-7-19)27-26(32)31-16-14-30(15-17-31)25-13-12-24(28-29-25)22-9-8-20-4-2-3-5-21(20)18-22/h2-13,18H,14-17H2,1H3,(H,27,32). The van der Waals surface area contributed by atoms with E-state index in [-0.39, 0.29) is 6.03 Å². The van der Waals surface area contributed by atoms with Crippen LogP contribution in [0.2, 0.25) is 0 Å². The van der Waals surface area contributed by atoms with Crippen molar-refractivity contribution < 1.29 is 4.79 Å². The molecule has 6 nitrogen and oxygen atoms in total. The number of urea groups is 1. The first-order chi connectivity index (χ1) is 15.7. The lowest BCUT2D eigenvalue weighted by molar-refractivity contribution is 0.208. The van der Waals surface area contributed by atoms with Gasteiger partial charge in [0.2, 0.25) is 0 Å². The SMILES string of the molecule is Cc1ccc(NC(=O)N2CCN(c3ccc(-c4ccc5ccccc5c4)nn3)CC2)cc1. The highest BCUT2D eigenvalue weighted by Crippen LogP contribution is 2.24. The summed E-state index contributed by atoms with van der Waals surface area (Å²) in [4.78, 5) is 16.6. The number of nitrogens with one attached hydrogen (secondary N) is 1. The predicted octanol–water partition coefficient (Wildman–Crippen LogP) is 4.96. The molecule has 4 aromatic rings. The van der Waals surface area contributed by atoms with Gasteiger partial charge in [0.05, 0.1) is 5.69 Å².